The SMILES string of the molecule is CC(CCNC(=O)c1n[nH]c(C2CC2)n1)C(=O)O. The lowest BCUT2D eigenvalue weighted by Gasteiger charge is -2.05. The third-order valence-corrected chi connectivity index (χ3v) is 2.95. The molecular weight excluding hydrogens is 236 g/mol. The van der Waals surface area contributed by atoms with Crippen molar-refractivity contribution < 1.29 is 14.7 Å². The summed E-state index contributed by atoms with van der Waals surface area (Å²) in [5, 5.41) is 17.9. The lowest BCUT2D eigenvalue weighted by Crippen LogP contribution is -2.27. The van der Waals surface area contributed by atoms with Crippen molar-refractivity contribution in [3.8, 4) is 0 Å². The summed E-state index contributed by atoms with van der Waals surface area (Å²) < 4.78 is 0. The highest BCUT2D eigenvalue weighted by Crippen LogP contribution is 2.37. The van der Waals surface area contributed by atoms with Gasteiger partial charge in [-0.1, -0.05) is 6.92 Å². The third-order valence-electron chi connectivity index (χ3n) is 2.95. The average Bonchev–Trinajstić information content (AvgIpc) is 3.06. The van der Waals surface area contributed by atoms with Crippen LogP contribution in [0.1, 0.15) is 48.5 Å². The molecule has 0 aliphatic heterocycles. The van der Waals surface area contributed by atoms with Crippen LogP contribution < -0.4 is 5.32 Å². The van der Waals surface area contributed by atoms with Crippen molar-refractivity contribution in [2.45, 2.75) is 32.1 Å². The molecule has 7 nitrogen and oxygen atoms in total. The monoisotopic (exact) mass is 252 g/mol. The van der Waals surface area contributed by atoms with Gasteiger partial charge in [0.2, 0.25) is 5.82 Å². The quantitative estimate of drug-likeness (QED) is 0.684. The number of carboxylic acids is 1. The number of hydrogen-bond acceptors (Lipinski definition) is 4. The Hall–Kier alpha value is -1.92. The van der Waals surface area contributed by atoms with Gasteiger partial charge in [0.1, 0.15) is 5.82 Å². The van der Waals surface area contributed by atoms with E-state index in [4.69, 9.17) is 5.11 Å². The van der Waals surface area contributed by atoms with E-state index in [1.807, 2.05) is 0 Å². The minimum atomic E-state index is -0.863. The van der Waals surface area contributed by atoms with Crippen molar-refractivity contribution >= 4 is 11.9 Å². The Kier molecular flexibility index (Phi) is 3.59. The van der Waals surface area contributed by atoms with Gasteiger partial charge in [-0.05, 0) is 19.3 Å². The molecule has 0 radical (unpaired) electrons. The largest absolute Gasteiger partial charge is 0.481 e. The van der Waals surface area contributed by atoms with Gasteiger partial charge in [0.25, 0.3) is 5.91 Å². The molecule has 1 aromatic heterocycles. The van der Waals surface area contributed by atoms with E-state index in [0.29, 0.717) is 18.9 Å². The van der Waals surface area contributed by atoms with E-state index in [9.17, 15) is 9.59 Å². The predicted molar refractivity (Wildman–Crippen MR) is 62.1 cm³/mol. The number of aromatic nitrogens is 3. The predicted octanol–water partition coefficient (Wildman–Crippen LogP) is 0.523. The summed E-state index contributed by atoms with van der Waals surface area (Å²) in [6.45, 7) is 1.91. The molecule has 1 aromatic rings. The third kappa shape index (κ3) is 3.06. The van der Waals surface area contributed by atoms with Crippen LogP contribution in [0.25, 0.3) is 0 Å². The first-order valence-corrected chi connectivity index (χ1v) is 6.01. The van der Waals surface area contributed by atoms with E-state index in [1.165, 1.54) is 0 Å². The standard InChI is InChI=1S/C11H16N4O3/c1-6(11(17)18)4-5-12-10(16)9-13-8(14-15-9)7-2-3-7/h6-7H,2-5H2,1H3,(H,12,16)(H,17,18)(H,13,14,15). The zero-order chi connectivity index (χ0) is 13.1. The number of nitrogens with zero attached hydrogens (tertiary/aromatic N) is 2. The van der Waals surface area contributed by atoms with Crippen molar-refractivity contribution in [1.29, 1.82) is 0 Å². The molecule has 0 spiro atoms. The fraction of sp³-hybridized carbons (Fsp3) is 0.636. The average molecular weight is 252 g/mol. The first-order chi connectivity index (χ1) is 8.58. The zero-order valence-corrected chi connectivity index (χ0v) is 10.1. The summed E-state index contributed by atoms with van der Waals surface area (Å²) in [6.07, 6.45) is 2.57. The molecule has 0 saturated heterocycles. The minimum absolute atomic E-state index is 0.125. The summed E-state index contributed by atoms with van der Waals surface area (Å²) in [5.41, 5.74) is 0. The number of H-pyrrole nitrogens is 1. The minimum Gasteiger partial charge on any atom is -0.481 e. The second-order valence-electron chi connectivity index (χ2n) is 4.60. The van der Waals surface area contributed by atoms with Crippen molar-refractivity contribution in [3.05, 3.63) is 11.6 Å². The van der Waals surface area contributed by atoms with Crippen LogP contribution in [0.2, 0.25) is 0 Å². The summed E-state index contributed by atoms with van der Waals surface area (Å²) in [7, 11) is 0. The smallest absolute Gasteiger partial charge is 0.306 e. The molecule has 1 fully saturated rings. The molecule has 2 rings (SSSR count). The number of aromatic amines is 1. The van der Waals surface area contributed by atoms with Crippen LogP contribution in [-0.2, 0) is 4.79 Å². The van der Waals surface area contributed by atoms with Crippen LogP contribution in [0, 0.1) is 5.92 Å². The molecule has 98 valence electrons. The molecule has 1 saturated carbocycles. The zero-order valence-electron chi connectivity index (χ0n) is 10.1. The van der Waals surface area contributed by atoms with Gasteiger partial charge in [-0.25, -0.2) is 4.98 Å². The van der Waals surface area contributed by atoms with Crippen molar-refractivity contribution in [1.82, 2.24) is 20.5 Å². The van der Waals surface area contributed by atoms with Crippen LogP contribution in [0.4, 0.5) is 0 Å². The van der Waals surface area contributed by atoms with Gasteiger partial charge in [-0.2, -0.15) is 0 Å². The van der Waals surface area contributed by atoms with Gasteiger partial charge in [-0.15, -0.1) is 5.10 Å². The maximum absolute atomic E-state index is 11.6. The number of carboxylic acid groups (broad SMARTS) is 1. The topological polar surface area (TPSA) is 108 Å². The van der Waals surface area contributed by atoms with Crippen molar-refractivity contribution in [2.24, 2.45) is 5.92 Å². The number of hydrogen-bond donors (Lipinski definition) is 3. The van der Waals surface area contributed by atoms with Gasteiger partial charge in [0.15, 0.2) is 0 Å². The van der Waals surface area contributed by atoms with Gasteiger partial charge >= 0.3 is 5.97 Å². The normalized spacial score (nSPS) is 16.3. The summed E-state index contributed by atoms with van der Waals surface area (Å²) in [6, 6.07) is 0. The Morgan fingerprint density at radius 2 is 2.28 bits per heavy atom. The van der Waals surface area contributed by atoms with Crippen LogP contribution in [0.3, 0.4) is 0 Å². The van der Waals surface area contributed by atoms with Crippen LogP contribution in [0.15, 0.2) is 0 Å². The Balaban J connectivity index is 1.78. The maximum Gasteiger partial charge on any atom is 0.306 e. The molecule has 0 bridgehead atoms. The summed E-state index contributed by atoms with van der Waals surface area (Å²) >= 11 is 0. The molecule has 1 atom stereocenters. The second-order valence-corrected chi connectivity index (χ2v) is 4.60. The first kappa shape index (κ1) is 12.5. The molecule has 0 aromatic carbocycles. The number of aliphatic carboxylic acids is 1. The number of amides is 1. The number of nitrogens with one attached hydrogen (secondary N) is 2. The first-order valence-electron chi connectivity index (χ1n) is 6.01. The van der Waals surface area contributed by atoms with Crippen LogP contribution in [0.5, 0.6) is 0 Å². The van der Waals surface area contributed by atoms with Gasteiger partial charge < -0.3 is 10.4 Å². The lowest BCUT2D eigenvalue weighted by atomic mass is 10.1. The summed E-state index contributed by atoms with van der Waals surface area (Å²) in [4.78, 5) is 26.3. The van der Waals surface area contributed by atoms with Gasteiger partial charge in [0, 0.05) is 12.5 Å². The Bertz CT molecular complexity index is 453. The highest BCUT2D eigenvalue weighted by atomic mass is 16.4. The van der Waals surface area contributed by atoms with Crippen LogP contribution >= 0.6 is 0 Å². The van der Waals surface area contributed by atoms with Crippen LogP contribution in [-0.4, -0.2) is 38.7 Å². The second kappa shape index (κ2) is 5.16. The van der Waals surface area contributed by atoms with Gasteiger partial charge in [-0.3, -0.25) is 14.7 Å². The van der Waals surface area contributed by atoms with Crippen molar-refractivity contribution in [2.75, 3.05) is 6.54 Å². The van der Waals surface area contributed by atoms with E-state index in [1.54, 1.807) is 6.92 Å². The van der Waals surface area contributed by atoms with E-state index >= 15 is 0 Å². The summed E-state index contributed by atoms with van der Waals surface area (Å²) in [5.74, 6) is -0.390. The molecular formula is C11H16N4O3. The molecule has 1 aliphatic rings. The lowest BCUT2D eigenvalue weighted by molar-refractivity contribution is -0.141. The molecule has 1 aliphatic carbocycles. The molecule has 18 heavy (non-hydrogen) atoms. The van der Waals surface area contributed by atoms with Crippen molar-refractivity contribution in [3.63, 3.8) is 0 Å². The van der Waals surface area contributed by atoms with Gasteiger partial charge in [0.05, 0.1) is 5.92 Å². The Labute approximate surface area is 104 Å². The number of carbonyl (C=O) groups excluding carboxylic acids is 1. The fourth-order valence-corrected chi connectivity index (χ4v) is 1.52. The molecule has 3 N–H and O–H groups in total. The van der Waals surface area contributed by atoms with E-state index in [-0.39, 0.29) is 11.7 Å². The molecule has 1 amide bonds. The Morgan fingerprint density at radius 3 is 2.89 bits per heavy atom. The number of carbonyl (C=O) groups is 2. The fourth-order valence-electron chi connectivity index (χ4n) is 1.52. The van der Waals surface area contributed by atoms with E-state index in [0.717, 1.165) is 18.7 Å². The Morgan fingerprint density at radius 1 is 1.56 bits per heavy atom. The molecule has 1 heterocycles. The van der Waals surface area contributed by atoms with E-state index in [2.05, 4.69) is 20.5 Å². The maximum atomic E-state index is 11.6. The molecule has 1 unspecified atom stereocenters. The van der Waals surface area contributed by atoms with E-state index < -0.39 is 11.9 Å². The highest BCUT2D eigenvalue weighted by molar-refractivity contribution is 5.90. The molecule has 7 heteroatoms. The number of rotatable bonds is 6. The highest BCUT2D eigenvalue weighted by Gasteiger charge is 2.28.